The number of halogens is 1. The number of hydrogen-bond donors (Lipinski definition) is 4. The molecule has 2 amide bonds. The van der Waals surface area contributed by atoms with E-state index in [1.807, 2.05) is 30.3 Å². The molecule has 13 heteroatoms. The van der Waals surface area contributed by atoms with Gasteiger partial charge in [0.25, 0.3) is 0 Å². The molecule has 2 saturated heterocycles. The molecule has 2 fully saturated rings. The highest BCUT2D eigenvalue weighted by Gasteiger charge is 2.44. The van der Waals surface area contributed by atoms with Crippen LogP contribution in [0.25, 0.3) is 6.08 Å². The normalized spacial score (nSPS) is 20.0. The van der Waals surface area contributed by atoms with Gasteiger partial charge in [-0.2, -0.15) is 5.10 Å². The molecule has 3 aromatic carbocycles. The number of nitrogens with zero attached hydrogens (tertiary/aromatic N) is 3. The van der Waals surface area contributed by atoms with E-state index in [0.717, 1.165) is 31.5 Å². The molecule has 0 saturated carbocycles. The van der Waals surface area contributed by atoms with Crippen molar-refractivity contribution in [1.29, 1.82) is 0 Å². The number of carbonyl (C=O) groups is 3. The molecule has 0 radical (unpaired) electrons. The lowest BCUT2D eigenvalue weighted by Crippen LogP contribution is -2.57. The number of piperidine rings is 2. The summed E-state index contributed by atoms with van der Waals surface area (Å²) in [6.45, 7) is 7.32. The quantitative estimate of drug-likeness (QED) is 0.0562. The highest BCUT2D eigenvalue weighted by molar-refractivity contribution is 6.30. The zero-order valence-corrected chi connectivity index (χ0v) is 29.9. The van der Waals surface area contributed by atoms with Crippen molar-refractivity contribution < 1.29 is 23.9 Å². The molecule has 3 aromatic rings. The van der Waals surface area contributed by atoms with Crippen molar-refractivity contribution in [3.8, 4) is 0 Å². The minimum absolute atomic E-state index is 0.0443. The smallest absolute Gasteiger partial charge is 0.338 e. The van der Waals surface area contributed by atoms with Crippen LogP contribution >= 0.6 is 11.6 Å². The number of hydrazone groups is 1. The van der Waals surface area contributed by atoms with Crippen molar-refractivity contribution in [2.75, 3.05) is 30.0 Å². The second-order valence-electron chi connectivity index (χ2n) is 13.7. The summed E-state index contributed by atoms with van der Waals surface area (Å²) in [5.74, 6) is 9.83. The van der Waals surface area contributed by atoms with Gasteiger partial charge in [0, 0.05) is 34.8 Å². The Hall–Kier alpha value is -4.75. The number of carbonyl (C=O) groups excluding carboxylic acids is 3. The number of rotatable bonds is 10. The number of nitrogens with one attached hydrogen (secondary N) is 2. The average Bonchev–Trinajstić information content (AvgIpc) is 3.10. The number of amides is 2. The van der Waals surface area contributed by atoms with Crippen LogP contribution in [0.4, 0.5) is 11.4 Å². The SMILES string of the molecule is CC(C)(C)OC(=O)c1ccc(NC(=O)C2[C@H](c3ccccc3)CC(OC3CCNCC3)CN2C(=O)/C=C/c2cc(Cl)ccc2N(N)/C=N\N)cc1. The Morgan fingerprint density at radius 2 is 1.73 bits per heavy atom. The molecule has 2 aliphatic heterocycles. The molecule has 51 heavy (non-hydrogen) atoms. The number of hydrazine groups is 1. The summed E-state index contributed by atoms with van der Waals surface area (Å²) >= 11 is 6.31. The molecule has 2 aliphatic rings. The van der Waals surface area contributed by atoms with Gasteiger partial charge in [-0.05, 0) is 107 Å². The van der Waals surface area contributed by atoms with Crippen molar-refractivity contribution in [2.24, 2.45) is 16.8 Å². The summed E-state index contributed by atoms with van der Waals surface area (Å²) in [7, 11) is 0. The summed E-state index contributed by atoms with van der Waals surface area (Å²) in [5.41, 5.74) is 2.15. The topological polar surface area (TPSA) is 165 Å². The largest absolute Gasteiger partial charge is 0.456 e. The van der Waals surface area contributed by atoms with Gasteiger partial charge in [0.2, 0.25) is 11.8 Å². The van der Waals surface area contributed by atoms with Crippen molar-refractivity contribution in [3.05, 3.63) is 101 Å². The summed E-state index contributed by atoms with van der Waals surface area (Å²) in [6.07, 6.45) is 6.25. The second kappa shape index (κ2) is 17.0. The van der Waals surface area contributed by atoms with Crippen LogP contribution in [-0.4, -0.2) is 72.5 Å². The number of hydrogen-bond acceptors (Lipinski definition) is 9. The number of ether oxygens (including phenoxy) is 2. The average molecular weight is 716 g/mol. The van der Waals surface area contributed by atoms with E-state index in [9.17, 15) is 14.4 Å². The first-order valence-corrected chi connectivity index (χ1v) is 17.4. The van der Waals surface area contributed by atoms with Crippen molar-refractivity contribution >= 4 is 53.2 Å². The fourth-order valence-corrected chi connectivity index (χ4v) is 6.62. The van der Waals surface area contributed by atoms with Crippen LogP contribution in [0, 0.1) is 0 Å². The molecule has 3 atom stereocenters. The van der Waals surface area contributed by atoms with Crippen molar-refractivity contribution in [1.82, 2.24) is 10.2 Å². The van der Waals surface area contributed by atoms with E-state index in [0.29, 0.717) is 33.9 Å². The Morgan fingerprint density at radius 3 is 2.39 bits per heavy atom. The highest BCUT2D eigenvalue weighted by atomic mass is 35.5. The molecule has 0 spiro atoms. The molecule has 12 nitrogen and oxygen atoms in total. The van der Waals surface area contributed by atoms with Gasteiger partial charge in [0.05, 0.1) is 23.5 Å². The fraction of sp³-hybridized carbons (Fsp3) is 0.368. The van der Waals surface area contributed by atoms with Gasteiger partial charge in [-0.15, -0.1) is 0 Å². The number of nitrogens with two attached hydrogens (primary N) is 2. The van der Waals surface area contributed by atoms with Crippen LogP contribution in [0.2, 0.25) is 5.02 Å². The fourth-order valence-electron chi connectivity index (χ4n) is 6.44. The molecule has 270 valence electrons. The second-order valence-corrected chi connectivity index (χ2v) is 14.1. The van der Waals surface area contributed by atoms with Gasteiger partial charge in [-0.25, -0.2) is 10.6 Å². The van der Waals surface area contributed by atoms with E-state index >= 15 is 0 Å². The zero-order chi connectivity index (χ0) is 36.5. The van der Waals surface area contributed by atoms with Gasteiger partial charge in [-0.3, -0.25) is 14.6 Å². The molecule has 6 N–H and O–H groups in total. The number of esters is 1. The molecular weight excluding hydrogens is 670 g/mol. The van der Waals surface area contributed by atoms with E-state index in [1.54, 1.807) is 74.2 Å². The molecule has 0 aromatic heterocycles. The molecule has 2 unspecified atom stereocenters. The Morgan fingerprint density at radius 1 is 1.02 bits per heavy atom. The van der Waals surface area contributed by atoms with E-state index in [2.05, 4.69) is 15.7 Å². The predicted molar refractivity (Wildman–Crippen MR) is 200 cm³/mol. The predicted octanol–water partition coefficient (Wildman–Crippen LogP) is 5.05. The third kappa shape index (κ3) is 10.2. The molecule has 0 bridgehead atoms. The zero-order valence-electron chi connectivity index (χ0n) is 29.1. The lowest BCUT2D eigenvalue weighted by Gasteiger charge is -2.44. The Kier molecular flexibility index (Phi) is 12.5. The summed E-state index contributed by atoms with van der Waals surface area (Å²) in [5, 5.41) is 11.5. The van der Waals surface area contributed by atoms with E-state index in [-0.39, 0.29) is 30.6 Å². The highest BCUT2D eigenvalue weighted by Crippen LogP contribution is 2.36. The minimum Gasteiger partial charge on any atom is -0.456 e. The lowest BCUT2D eigenvalue weighted by molar-refractivity contribution is -0.145. The van der Waals surface area contributed by atoms with Crippen LogP contribution < -0.4 is 27.3 Å². The maximum absolute atomic E-state index is 14.4. The van der Waals surface area contributed by atoms with E-state index in [4.69, 9.17) is 32.8 Å². The van der Waals surface area contributed by atoms with Gasteiger partial charge >= 0.3 is 5.97 Å². The standard InChI is InChI=1S/C38H46ClN7O5/c1-38(2,3)51-37(49)26-9-13-29(14-10-26)44-36(48)35-32(25-7-5-4-6-8-25)22-31(50-30-17-19-42-20-18-30)23-45(35)34(47)16-11-27-21-28(39)12-15-33(27)46(41)24-43-40/h4-16,21,24,30-32,35,42H,17-20,22-23,40-41H2,1-3H3,(H,44,48)/b16-11+,43-24-/t31?,32-,35?/m0/s1. The van der Waals surface area contributed by atoms with E-state index < -0.39 is 23.5 Å². The number of benzene rings is 3. The summed E-state index contributed by atoms with van der Waals surface area (Å²) in [4.78, 5) is 42.8. The first-order valence-electron chi connectivity index (χ1n) is 17.0. The Labute approximate surface area is 303 Å². The third-order valence-corrected chi connectivity index (χ3v) is 8.97. The number of anilines is 2. The van der Waals surface area contributed by atoms with Gasteiger partial charge in [0.15, 0.2) is 0 Å². The molecule has 5 rings (SSSR count). The maximum Gasteiger partial charge on any atom is 0.338 e. The van der Waals surface area contributed by atoms with Crippen LogP contribution in [0.15, 0.2) is 84.0 Å². The minimum atomic E-state index is -0.892. The van der Waals surface area contributed by atoms with Crippen molar-refractivity contribution in [3.63, 3.8) is 0 Å². The van der Waals surface area contributed by atoms with Gasteiger partial charge < -0.3 is 30.8 Å². The maximum atomic E-state index is 14.4. The molecular formula is C38H46ClN7O5. The Balaban J connectivity index is 1.48. The Bertz CT molecular complexity index is 1720. The monoisotopic (exact) mass is 715 g/mol. The van der Waals surface area contributed by atoms with Crippen LogP contribution in [0.5, 0.6) is 0 Å². The van der Waals surface area contributed by atoms with Gasteiger partial charge in [-0.1, -0.05) is 41.9 Å². The van der Waals surface area contributed by atoms with Crippen LogP contribution in [0.1, 0.15) is 67.4 Å². The first-order chi connectivity index (χ1) is 24.4. The van der Waals surface area contributed by atoms with E-state index in [1.165, 1.54) is 17.4 Å². The number of likely N-dealkylation sites (tertiary alicyclic amines) is 1. The van der Waals surface area contributed by atoms with Crippen molar-refractivity contribution in [2.45, 2.75) is 69.8 Å². The molecule has 2 heterocycles. The third-order valence-electron chi connectivity index (χ3n) is 8.74. The summed E-state index contributed by atoms with van der Waals surface area (Å²) < 4.78 is 12.1. The van der Waals surface area contributed by atoms with Crippen LogP contribution in [-0.2, 0) is 19.1 Å². The molecule has 0 aliphatic carbocycles. The summed E-state index contributed by atoms with van der Waals surface area (Å²) in [6, 6.07) is 20.3. The van der Waals surface area contributed by atoms with Gasteiger partial charge in [0.1, 0.15) is 18.0 Å². The first kappa shape index (κ1) is 37.5. The lowest BCUT2D eigenvalue weighted by atomic mass is 9.81. The van der Waals surface area contributed by atoms with Crippen LogP contribution in [0.3, 0.4) is 0 Å².